The van der Waals surface area contributed by atoms with Crippen molar-refractivity contribution in [3.05, 3.63) is 71.4 Å². The van der Waals surface area contributed by atoms with E-state index in [0.29, 0.717) is 22.5 Å². The summed E-state index contributed by atoms with van der Waals surface area (Å²) in [5, 5.41) is 14.6. The van der Waals surface area contributed by atoms with Gasteiger partial charge in [0, 0.05) is 23.1 Å². The lowest BCUT2D eigenvalue weighted by atomic mass is 10.2. The zero-order chi connectivity index (χ0) is 20.5. The van der Waals surface area contributed by atoms with Crippen molar-refractivity contribution in [1.29, 1.82) is 5.26 Å². The number of primary amides is 1. The van der Waals surface area contributed by atoms with Crippen molar-refractivity contribution >= 4 is 29.2 Å². The molecule has 2 aromatic rings. The number of carbonyl (C=O) groups excluding carboxylic acids is 3. The van der Waals surface area contributed by atoms with Gasteiger partial charge in [-0.2, -0.15) is 5.26 Å². The molecule has 8 heteroatoms. The Labute approximate surface area is 161 Å². The maximum absolute atomic E-state index is 12.2. The predicted octanol–water partition coefficient (Wildman–Crippen LogP) is 2.42. The predicted molar refractivity (Wildman–Crippen MR) is 103 cm³/mol. The van der Waals surface area contributed by atoms with Crippen molar-refractivity contribution in [1.82, 2.24) is 0 Å². The standard InChI is InChI=1S/C20H18N4O4/c1-2-28-20(27)14-5-9-17(10-6-14)24-19(26)15(11-21)12-23-16-7-3-13(4-8-16)18(22)25/h3-10,12,23H,2H2,1H3,(H2,22,25)(H,24,26)/b15-12-. The topological polar surface area (TPSA) is 134 Å². The highest BCUT2D eigenvalue weighted by atomic mass is 16.5. The minimum atomic E-state index is -0.618. The molecular formula is C20H18N4O4. The first-order chi connectivity index (χ1) is 13.4. The van der Waals surface area contributed by atoms with Crippen LogP contribution in [-0.2, 0) is 9.53 Å². The summed E-state index contributed by atoms with van der Waals surface area (Å²) >= 11 is 0. The molecule has 2 amide bonds. The van der Waals surface area contributed by atoms with Gasteiger partial charge in [-0.25, -0.2) is 4.79 Å². The van der Waals surface area contributed by atoms with E-state index in [1.165, 1.54) is 42.6 Å². The van der Waals surface area contributed by atoms with Gasteiger partial charge in [0.25, 0.3) is 5.91 Å². The smallest absolute Gasteiger partial charge is 0.338 e. The van der Waals surface area contributed by atoms with Gasteiger partial charge in [-0.3, -0.25) is 9.59 Å². The molecule has 142 valence electrons. The van der Waals surface area contributed by atoms with Gasteiger partial charge in [-0.15, -0.1) is 0 Å². The number of anilines is 2. The van der Waals surface area contributed by atoms with Gasteiger partial charge in [0.15, 0.2) is 0 Å². The van der Waals surface area contributed by atoms with Crippen molar-refractivity contribution in [2.75, 3.05) is 17.2 Å². The number of nitrogens with one attached hydrogen (secondary N) is 2. The van der Waals surface area contributed by atoms with Crippen LogP contribution in [0.15, 0.2) is 60.3 Å². The van der Waals surface area contributed by atoms with Crippen LogP contribution < -0.4 is 16.4 Å². The van der Waals surface area contributed by atoms with E-state index in [9.17, 15) is 19.6 Å². The van der Waals surface area contributed by atoms with E-state index in [2.05, 4.69) is 10.6 Å². The summed E-state index contributed by atoms with van der Waals surface area (Å²) in [4.78, 5) is 34.9. The first-order valence-corrected chi connectivity index (χ1v) is 8.29. The molecule has 0 aromatic heterocycles. The summed E-state index contributed by atoms with van der Waals surface area (Å²) in [5.74, 6) is -1.62. The maximum atomic E-state index is 12.2. The number of ether oxygens (including phenoxy) is 1. The fraction of sp³-hybridized carbons (Fsp3) is 0.100. The summed E-state index contributed by atoms with van der Waals surface area (Å²) in [6, 6.07) is 14.1. The molecule has 0 saturated heterocycles. The van der Waals surface area contributed by atoms with E-state index in [-0.39, 0.29) is 12.2 Å². The molecular weight excluding hydrogens is 360 g/mol. The third-order valence-corrected chi connectivity index (χ3v) is 3.57. The van der Waals surface area contributed by atoms with Crippen molar-refractivity contribution in [2.45, 2.75) is 6.92 Å². The number of carbonyl (C=O) groups is 3. The summed E-state index contributed by atoms with van der Waals surface area (Å²) in [5.41, 5.74) is 6.71. The number of hydrogen-bond acceptors (Lipinski definition) is 6. The summed E-state index contributed by atoms with van der Waals surface area (Å²) in [6.07, 6.45) is 1.25. The van der Waals surface area contributed by atoms with Crippen LogP contribution in [-0.4, -0.2) is 24.4 Å². The summed E-state index contributed by atoms with van der Waals surface area (Å²) in [6.45, 7) is 1.98. The van der Waals surface area contributed by atoms with E-state index in [0.717, 1.165) is 0 Å². The number of benzene rings is 2. The van der Waals surface area contributed by atoms with E-state index in [1.807, 2.05) is 0 Å². The first kappa shape index (κ1) is 20.2. The van der Waals surface area contributed by atoms with Crippen LogP contribution in [0.1, 0.15) is 27.6 Å². The van der Waals surface area contributed by atoms with Gasteiger partial charge < -0.3 is 21.1 Å². The number of nitrogens with two attached hydrogens (primary N) is 1. The highest BCUT2D eigenvalue weighted by Gasteiger charge is 2.11. The number of amides is 2. The second kappa shape index (κ2) is 9.54. The molecule has 0 atom stereocenters. The molecule has 0 aliphatic carbocycles. The molecule has 0 heterocycles. The summed E-state index contributed by atoms with van der Waals surface area (Å²) in [7, 11) is 0. The van der Waals surface area contributed by atoms with Crippen molar-refractivity contribution in [3.63, 3.8) is 0 Å². The Bertz CT molecular complexity index is 942. The van der Waals surface area contributed by atoms with Gasteiger partial charge in [-0.1, -0.05) is 0 Å². The molecule has 0 aliphatic heterocycles. The number of nitrogens with zero attached hydrogens (tertiary/aromatic N) is 1. The molecule has 4 N–H and O–H groups in total. The Hall–Kier alpha value is -4.12. The van der Waals surface area contributed by atoms with E-state index in [1.54, 1.807) is 25.1 Å². The molecule has 28 heavy (non-hydrogen) atoms. The molecule has 0 bridgehead atoms. The van der Waals surface area contributed by atoms with Gasteiger partial charge in [0.1, 0.15) is 11.6 Å². The average molecular weight is 378 g/mol. The minimum absolute atomic E-state index is 0.159. The van der Waals surface area contributed by atoms with Crippen LogP contribution in [0.25, 0.3) is 0 Å². The quantitative estimate of drug-likeness (QED) is 0.385. The second-order valence-corrected chi connectivity index (χ2v) is 5.51. The number of hydrogen-bond donors (Lipinski definition) is 3. The van der Waals surface area contributed by atoms with Gasteiger partial charge >= 0.3 is 5.97 Å². The minimum Gasteiger partial charge on any atom is -0.462 e. The monoisotopic (exact) mass is 378 g/mol. The normalized spacial score (nSPS) is 10.5. The van der Waals surface area contributed by atoms with Crippen molar-refractivity contribution in [3.8, 4) is 6.07 Å². The zero-order valence-corrected chi connectivity index (χ0v) is 15.1. The molecule has 2 rings (SSSR count). The number of esters is 1. The lowest BCUT2D eigenvalue weighted by Crippen LogP contribution is -2.15. The second-order valence-electron chi connectivity index (χ2n) is 5.51. The third-order valence-electron chi connectivity index (χ3n) is 3.57. The van der Waals surface area contributed by atoms with Gasteiger partial charge in [-0.05, 0) is 55.5 Å². The molecule has 0 radical (unpaired) electrons. The number of rotatable bonds is 7. The van der Waals surface area contributed by atoms with Crippen LogP contribution in [0.2, 0.25) is 0 Å². The molecule has 0 unspecified atom stereocenters. The van der Waals surface area contributed by atoms with Gasteiger partial charge in [0.2, 0.25) is 5.91 Å². The van der Waals surface area contributed by atoms with E-state index >= 15 is 0 Å². The Balaban J connectivity index is 2.02. The molecule has 0 fully saturated rings. The van der Waals surface area contributed by atoms with Crippen molar-refractivity contribution in [2.24, 2.45) is 5.73 Å². The SMILES string of the molecule is CCOC(=O)c1ccc(NC(=O)/C(C#N)=C\Nc2ccc(C(N)=O)cc2)cc1. The van der Waals surface area contributed by atoms with Crippen molar-refractivity contribution < 1.29 is 19.1 Å². The Morgan fingerprint density at radius 3 is 2.14 bits per heavy atom. The largest absolute Gasteiger partial charge is 0.462 e. The maximum Gasteiger partial charge on any atom is 0.338 e. The lowest BCUT2D eigenvalue weighted by Gasteiger charge is -2.07. The van der Waals surface area contributed by atoms with Crippen LogP contribution in [0.5, 0.6) is 0 Å². The highest BCUT2D eigenvalue weighted by Crippen LogP contribution is 2.13. The Morgan fingerprint density at radius 1 is 1.04 bits per heavy atom. The first-order valence-electron chi connectivity index (χ1n) is 8.29. The fourth-order valence-corrected chi connectivity index (χ4v) is 2.14. The fourth-order valence-electron chi connectivity index (χ4n) is 2.14. The Morgan fingerprint density at radius 2 is 1.61 bits per heavy atom. The van der Waals surface area contributed by atoms with Crippen LogP contribution >= 0.6 is 0 Å². The van der Waals surface area contributed by atoms with Gasteiger partial charge in [0.05, 0.1) is 12.2 Å². The highest BCUT2D eigenvalue weighted by molar-refractivity contribution is 6.07. The molecule has 0 saturated carbocycles. The molecule has 0 aliphatic rings. The lowest BCUT2D eigenvalue weighted by molar-refractivity contribution is -0.112. The third kappa shape index (κ3) is 5.44. The molecule has 8 nitrogen and oxygen atoms in total. The zero-order valence-electron chi connectivity index (χ0n) is 15.1. The average Bonchev–Trinajstić information content (AvgIpc) is 2.69. The van der Waals surface area contributed by atoms with Crippen LogP contribution in [0, 0.1) is 11.3 Å². The van der Waals surface area contributed by atoms with Crippen LogP contribution in [0.4, 0.5) is 11.4 Å². The Kier molecular flexibility index (Phi) is 6.88. The van der Waals surface area contributed by atoms with E-state index < -0.39 is 17.8 Å². The van der Waals surface area contributed by atoms with E-state index in [4.69, 9.17) is 10.5 Å². The molecule has 2 aromatic carbocycles. The van der Waals surface area contributed by atoms with Crippen LogP contribution in [0.3, 0.4) is 0 Å². The number of nitriles is 1. The summed E-state index contributed by atoms with van der Waals surface area (Å²) < 4.78 is 4.89. The molecule has 0 spiro atoms.